The van der Waals surface area contributed by atoms with Crippen molar-refractivity contribution in [3.8, 4) is 17.2 Å². The molecule has 0 bridgehead atoms. The van der Waals surface area contributed by atoms with E-state index < -0.39 is 5.54 Å². The van der Waals surface area contributed by atoms with Crippen molar-refractivity contribution in [3.05, 3.63) is 78.1 Å². The van der Waals surface area contributed by atoms with Crippen molar-refractivity contribution >= 4 is 16.8 Å². The molecule has 2 aromatic heterocycles. The molecule has 31 heavy (non-hydrogen) atoms. The van der Waals surface area contributed by atoms with E-state index in [9.17, 15) is 4.79 Å². The van der Waals surface area contributed by atoms with Crippen molar-refractivity contribution in [1.29, 1.82) is 5.26 Å². The third kappa shape index (κ3) is 4.14. The molecule has 2 aromatic carbocycles. The minimum atomic E-state index is -0.699. The number of nitrogens with one attached hydrogen (secondary N) is 1. The van der Waals surface area contributed by atoms with E-state index in [1.165, 1.54) is 5.56 Å². The van der Waals surface area contributed by atoms with Gasteiger partial charge in [-0.3, -0.25) is 9.78 Å². The van der Waals surface area contributed by atoms with E-state index in [1.54, 1.807) is 0 Å². The molecular formula is C24H19N5O2. The van der Waals surface area contributed by atoms with E-state index >= 15 is 0 Å². The molecule has 7 heteroatoms. The van der Waals surface area contributed by atoms with E-state index in [2.05, 4.69) is 45.8 Å². The van der Waals surface area contributed by atoms with Gasteiger partial charge in [-0.05, 0) is 42.2 Å². The Morgan fingerprint density at radius 3 is 2.61 bits per heavy atom. The zero-order valence-corrected chi connectivity index (χ0v) is 16.7. The van der Waals surface area contributed by atoms with E-state index in [0.717, 1.165) is 22.2 Å². The summed E-state index contributed by atoms with van der Waals surface area (Å²) in [7, 11) is 0. The summed E-state index contributed by atoms with van der Waals surface area (Å²) in [6.07, 6.45) is 1.71. The highest BCUT2D eigenvalue weighted by Gasteiger charge is 2.44. The standard InChI is InChI=1S/C24H19N5O2/c25-15-24(10-11-24)27-21(30)14-23-29-28-22(31-23)13-19-8-6-18-12-17(7-9-20(18)26-19)16-4-2-1-3-5-16/h1-9,12H,10-11,13-14H2,(H,27,30). The van der Waals surface area contributed by atoms with Crippen molar-refractivity contribution in [2.24, 2.45) is 0 Å². The van der Waals surface area contributed by atoms with Gasteiger partial charge in [-0.1, -0.05) is 42.5 Å². The zero-order valence-electron chi connectivity index (χ0n) is 16.7. The average molecular weight is 409 g/mol. The fourth-order valence-electron chi connectivity index (χ4n) is 3.50. The number of nitrogens with zero attached hydrogens (tertiary/aromatic N) is 4. The largest absolute Gasteiger partial charge is 0.424 e. The molecule has 0 atom stereocenters. The smallest absolute Gasteiger partial charge is 0.230 e. The number of carbonyl (C=O) groups is 1. The molecule has 1 fully saturated rings. The molecule has 0 radical (unpaired) electrons. The maximum atomic E-state index is 12.1. The van der Waals surface area contributed by atoms with Crippen LogP contribution in [0.25, 0.3) is 22.0 Å². The number of hydrogen-bond acceptors (Lipinski definition) is 6. The molecule has 2 heterocycles. The van der Waals surface area contributed by atoms with Crippen LogP contribution in [0.2, 0.25) is 0 Å². The van der Waals surface area contributed by atoms with Crippen molar-refractivity contribution in [1.82, 2.24) is 20.5 Å². The molecule has 1 aliphatic rings. The lowest BCUT2D eigenvalue weighted by Gasteiger charge is -2.06. The number of nitriles is 1. The van der Waals surface area contributed by atoms with Crippen LogP contribution in [0.3, 0.4) is 0 Å². The second-order valence-corrected chi connectivity index (χ2v) is 7.76. The summed E-state index contributed by atoms with van der Waals surface area (Å²) >= 11 is 0. The van der Waals surface area contributed by atoms with Crippen LogP contribution in [0.15, 0.2) is 65.1 Å². The number of benzene rings is 2. The molecule has 1 N–H and O–H groups in total. The number of pyridine rings is 1. The van der Waals surface area contributed by atoms with Crippen LogP contribution < -0.4 is 5.32 Å². The van der Waals surface area contributed by atoms with Crippen molar-refractivity contribution in [2.75, 3.05) is 0 Å². The third-order valence-corrected chi connectivity index (χ3v) is 5.35. The van der Waals surface area contributed by atoms with Gasteiger partial charge in [0.1, 0.15) is 12.0 Å². The number of aromatic nitrogens is 3. The van der Waals surface area contributed by atoms with Gasteiger partial charge in [0.05, 0.1) is 23.7 Å². The molecule has 0 aliphatic heterocycles. The van der Waals surface area contributed by atoms with Crippen LogP contribution in [0.5, 0.6) is 0 Å². The number of amides is 1. The van der Waals surface area contributed by atoms with Gasteiger partial charge in [0.2, 0.25) is 17.7 Å². The van der Waals surface area contributed by atoms with Crippen LogP contribution in [0.4, 0.5) is 0 Å². The Kier molecular flexibility index (Phi) is 4.68. The second-order valence-electron chi connectivity index (χ2n) is 7.76. The fourth-order valence-corrected chi connectivity index (χ4v) is 3.50. The first-order chi connectivity index (χ1) is 15.1. The highest BCUT2D eigenvalue weighted by Crippen LogP contribution is 2.34. The summed E-state index contributed by atoms with van der Waals surface area (Å²) in [5.74, 6) is 0.346. The molecule has 152 valence electrons. The molecule has 0 unspecified atom stereocenters. The molecule has 4 aromatic rings. The van der Waals surface area contributed by atoms with Gasteiger partial charge in [-0.25, -0.2) is 0 Å². The minimum Gasteiger partial charge on any atom is -0.424 e. The van der Waals surface area contributed by atoms with E-state index in [1.807, 2.05) is 36.4 Å². The van der Waals surface area contributed by atoms with Gasteiger partial charge in [0.15, 0.2) is 0 Å². The van der Waals surface area contributed by atoms with Crippen molar-refractivity contribution in [2.45, 2.75) is 31.2 Å². The molecular weight excluding hydrogens is 390 g/mol. The minimum absolute atomic E-state index is 0.0379. The summed E-state index contributed by atoms with van der Waals surface area (Å²) in [6.45, 7) is 0. The highest BCUT2D eigenvalue weighted by molar-refractivity contribution is 5.84. The summed E-state index contributed by atoms with van der Waals surface area (Å²) in [5.41, 5.74) is 3.31. The Morgan fingerprint density at radius 2 is 1.84 bits per heavy atom. The van der Waals surface area contributed by atoms with Crippen molar-refractivity contribution in [3.63, 3.8) is 0 Å². The van der Waals surface area contributed by atoms with Gasteiger partial charge < -0.3 is 9.73 Å². The van der Waals surface area contributed by atoms with E-state index in [-0.39, 0.29) is 18.2 Å². The van der Waals surface area contributed by atoms with Crippen LogP contribution in [0, 0.1) is 11.3 Å². The predicted molar refractivity (Wildman–Crippen MR) is 114 cm³/mol. The van der Waals surface area contributed by atoms with Crippen LogP contribution in [-0.2, 0) is 17.6 Å². The normalized spacial score (nSPS) is 14.2. The SMILES string of the molecule is N#CC1(NC(=O)Cc2nnc(Cc3ccc4cc(-c5ccccc5)ccc4n3)o2)CC1. The van der Waals surface area contributed by atoms with Crippen molar-refractivity contribution < 1.29 is 9.21 Å². The molecule has 1 aliphatic carbocycles. The summed E-state index contributed by atoms with van der Waals surface area (Å²) < 4.78 is 5.61. The van der Waals surface area contributed by atoms with E-state index in [0.29, 0.717) is 25.2 Å². The van der Waals surface area contributed by atoms with Gasteiger partial charge >= 0.3 is 0 Å². The maximum absolute atomic E-state index is 12.1. The highest BCUT2D eigenvalue weighted by atomic mass is 16.4. The zero-order chi connectivity index (χ0) is 21.3. The van der Waals surface area contributed by atoms with Crippen LogP contribution >= 0.6 is 0 Å². The molecule has 0 spiro atoms. The number of hydrogen-bond donors (Lipinski definition) is 1. The Morgan fingerprint density at radius 1 is 1.03 bits per heavy atom. The Hall–Kier alpha value is -4.05. The molecule has 1 saturated carbocycles. The van der Waals surface area contributed by atoms with Gasteiger partial charge in [0, 0.05) is 5.39 Å². The quantitative estimate of drug-likeness (QED) is 0.522. The monoisotopic (exact) mass is 409 g/mol. The van der Waals surface area contributed by atoms with Gasteiger partial charge in [-0.2, -0.15) is 5.26 Å². The summed E-state index contributed by atoms with van der Waals surface area (Å²) in [5, 5.41) is 20.8. The Labute approximate surface area is 178 Å². The van der Waals surface area contributed by atoms with E-state index in [4.69, 9.17) is 14.7 Å². The predicted octanol–water partition coefficient (Wildman–Crippen LogP) is 3.59. The van der Waals surface area contributed by atoms with Crippen LogP contribution in [-0.4, -0.2) is 26.6 Å². The molecule has 0 saturated heterocycles. The Balaban J connectivity index is 1.27. The lowest BCUT2D eigenvalue weighted by atomic mass is 10.0. The maximum Gasteiger partial charge on any atom is 0.230 e. The lowest BCUT2D eigenvalue weighted by molar-refractivity contribution is -0.121. The third-order valence-electron chi connectivity index (χ3n) is 5.35. The number of carbonyl (C=O) groups excluding carboxylic acids is 1. The Bertz CT molecular complexity index is 1300. The van der Waals surface area contributed by atoms with Gasteiger partial charge in [-0.15, -0.1) is 10.2 Å². The van der Waals surface area contributed by atoms with Crippen LogP contribution in [0.1, 0.15) is 30.3 Å². The first kappa shape index (κ1) is 18.9. The topological polar surface area (TPSA) is 105 Å². The molecule has 5 rings (SSSR count). The number of rotatable bonds is 6. The average Bonchev–Trinajstić information content (AvgIpc) is 3.44. The molecule has 1 amide bonds. The first-order valence-electron chi connectivity index (χ1n) is 10.1. The lowest BCUT2D eigenvalue weighted by Crippen LogP contribution is -2.36. The summed E-state index contributed by atoms with van der Waals surface area (Å²) in [4.78, 5) is 16.8. The molecule has 7 nitrogen and oxygen atoms in total. The fraction of sp³-hybridized carbons (Fsp3) is 0.208. The first-order valence-corrected chi connectivity index (χ1v) is 10.1. The second kappa shape index (κ2) is 7.65. The van der Waals surface area contributed by atoms with Gasteiger partial charge in [0.25, 0.3) is 0 Å². The summed E-state index contributed by atoms with van der Waals surface area (Å²) in [6, 6.07) is 22.5. The number of fused-ring (bicyclic) bond motifs is 1.